The van der Waals surface area contributed by atoms with Gasteiger partial charge < -0.3 is 15.0 Å². The Kier molecular flexibility index (Phi) is 5.68. The number of esters is 1. The first-order valence-corrected chi connectivity index (χ1v) is 8.74. The van der Waals surface area contributed by atoms with Crippen LogP contribution in [0, 0.1) is 0 Å². The molecule has 7 nitrogen and oxygen atoms in total. The lowest BCUT2D eigenvalue weighted by Crippen LogP contribution is -2.36. The van der Waals surface area contributed by atoms with Gasteiger partial charge in [0.25, 0.3) is 5.91 Å². The Labute approximate surface area is 156 Å². The van der Waals surface area contributed by atoms with Crippen LogP contribution in [0.1, 0.15) is 40.1 Å². The van der Waals surface area contributed by atoms with Crippen molar-refractivity contribution in [3.8, 4) is 0 Å². The molecule has 0 bridgehead atoms. The standard InChI is InChI=1S/C18H19ClN4O3/c1-26-18(25)12-5-6-13(19)15(11-12)20-16-8-7-14(21-22-16)17(24)23-9-3-2-4-10-23/h5-8,11H,2-4,9-10H2,1H3,(H,20,22). The first kappa shape index (κ1) is 18.1. The van der Waals surface area contributed by atoms with Gasteiger partial charge in [-0.25, -0.2) is 4.79 Å². The Morgan fingerprint density at radius 2 is 1.88 bits per heavy atom. The molecule has 3 rings (SSSR count). The number of hydrogen-bond acceptors (Lipinski definition) is 6. The lowest BCUT2D eigenvalue weighted by atomic mass is 10.1. The van der Waals surface area contributed by atoms with Gasteiger partial charge in [0.2, 0.25) is 0 Å². The molecule has 8 heteroatoms. The summed E-state index contributed by atoms with van der Waals surface area (Å²) in [5.74, 6) is -0.142. The average Bonchev–Trinajstić information content (AvgIpc) is 2.69. The fourth-order valence-corrected chi connectivity index (χ4v) is 2.94. The second kappa shape index (κ2) is 8.14. The van der Waals surface area contributed by atoms with E-state index in [0.29, 0.717) is 27.8 Å². The number of amides is 1. The third-order valence-corrected chi connectivity index (χ3v) is 4.51. The summed E-state index contributed by atoms with van der Waals surface area (Å²) < 4.78 is 4.70. The third-order valence-electron chi connectivity index (χ3n) is 4.18. The minimum absolute atomic E-state index is 0.102. The van der Waals surface area contributed by atoms with E-state index >= 15 is 0 Å². The van der Waals surface area contributed by atoms with Gasteiger partial charge >= 0.3 is 5.97 Å². The van der Waals surface area contributed by atoms with Crippen molar-refractivity contribution >= 4 is 35.0 Å². The third kappa shape index (κ3) is 4.11. The minimum Gasteiger partial charge on any atom is -0.465 e. The Morgan fingerprint density at radius 3 is 2.54 bits per heavy atom. The highest BCUT2D eigenvalue weighted by molar-refractivity contribution is 6.33. The highest BCUT2D eigenvalue weighted by Gasteiger charge is 2.19. The van der Waals surface area contributed by atoms with E-state index in [4.69, 9.17) is 16.3 Å². The number of carbonyl (C=O) groups excluding carboxylic acids is 2. The Morgan fingerprint density at radius 1 is 1.12 bits per heavy atom. The summed E-state index contributed by atoms with van der Waals surface area (Å²) in [4.78, 5) is 25.8. The predicted molar refractivity (Wildman–Crippen MR) is 97.9 cm³/mol. The summed E-state index contributed by atoms with van der Waals surface area (Å²) >= 11 is 6.15. The summed E-state index contributed by atoms with van der Waals surface area (Å²) in [6.45, 7) is 1.52. The van der Waals surface area contributed by atoms with Crippen molar-refractivity contribution in [3.05, 3.63) is 46.6 Å². The minimum atomic E-state index is -0.460. The molecule has 0 spiro atoms. The van der Waals surface area contributed by atoms with Crippen LogP contribution in [0.4, 0.5) is 11.5 Å². The Bertz CT molecular complexity index is 805. The molecule has 1 fully saturated rings. The molecule has 0 radical (unpaired) electrons. The fourth-order valence-electron chi connectivity index (χ4n) is 2.78. The molecule has 2 aromatic rings. The molecule has 26 heavy (non-hydrogen) atoms. The van der Waals surface area contributed by atoms with Gasteiger partial charge in [-0.2, -0.15) is 0 Å². The molecule has 0 unspecified atom stereocenters. The lowest BCUT2D eigenvalue weighted by molar-refractivity contribution is 0.0600. The number of rotatable bonds is 4. The van der Waals surface area contributed by atoms with Crippen molar-refractivity contribution in [1.29, 1.82) is 0 Å². The summed E-state index contributed by atoms with van der Waals surface area (Å²) in [6, 6.07) is 8.03. The first-order valence-electron chi connectivity index (χ1n) is 8.36. The van der Waals surface area contributed by atoms with Gasteiger partial charge in [0.05, 0.1) is 23.4 Å². The van der Waals surface area contributed by atoms with E-state index in [0.717, 1.165) is 32.4 Å². The van der Waals surface area contributed by atoms with Crippen molar-refractivity contribution in [2.24, 2.45) is 0 Å². The average molecular weight is 375 g/mol. The summed E-state index contributed by atoms with van der Waals surface area (Å²) in [5, 5.41) is 11.5. The molecular formula is C18H19ClN4O3. The predicted octanol–water partition coefficient (Wildman–Crippen LogP) is 3.29. The molecule has 1 N–H and O–H groups in total. The van der Waals surface area contributed by atoms with Gasteiger partial charge in [-0.3, -0.25) is 4.79 Å². The van der Waals surface area contributed by atoms with Crippen molar-refractivity contribution in [2.75, 3.05) is 25.5 Å². The monoisotopic (exact) mass is 374 g/mol. The van der Waals surface area contributed by atoms with Crippen molar-refractivity contribution < 1.29 is 14.3 Å². The molecule has 2 heterocycles. The van der Waals surface area contributed by atoms with Crippen LogP contribution < -0.4 is 5.32 Å². The fraction of sp³-hybridized carbons (Fsp3) is 0.333. The van der Waals surface area contributed by atoms with E-state index in [2.05, 4.69) is 15.5 Å². The quantitative estimate of drug-likeness (QED) is 0.826. The molecule has 1 amide bonds. The van der Waals surface area contributed by atoms with Gasteiger partial charge in [0.1, 0.15) is 0 Å². The largest absolute Gasteiger partial charge is 0.465 e. The van der Waals surface area contributed by atoms with Crippen LogP contribution in [0.2, 0.25) is 5.02 Å². The molecule has 1 saturated heterocycles. The number of piperidine rings is 1. The number of nitrogens with one attached hydrogen (secondary N) is 1. The number of benzene rings is 1. The van der Waals surface area contributed by atoms with E-state index in [9.17, 15) is 9.59 Å². The maximum Gasteiger partial charge on any atom is 0.337 e. The summed E-state index contributed by atoms with van der Waals surface area (Å²) in [5.41, 5.74) is 1.18. The normalized spacial score (nSPS) is 14.0. The highest BCUT2D eigenvalue weighted by Crippen LogP contribution is 2.26. The zero-order valence-corrected chi connectivity index (χ0v) is 15.1. The number of methoxy groups -OCH3 is 1. The smallest absolute Gasteiger partial charge is 0.337 e. The van der Waals surface area contributed by atoms with Gasteiger partial charge in [-0.1, -0.05) is 11.6 Å². The molecule has 1 aliphatic heterocycles. The van der Waals surface area contributed by atoms with Crippen LogP contribution in [-0.4, -0.2) is 47.2 Å². The van der Waals surface area contributed by atoms with Crippen molar-refractivity contribution in [2.45, 2.75) is 19.3 Å². The maximum atomic E-state index is 12.4. The van der Waals surface area contributed by atoms with Gasteiger partial charge in [0.15, 0.2) is 11.5 Å². The summed E-state index contributed by atoms with van der Waals surface area (Å²) in [7, 11) is 1.31. The van der Waals surface area contributed by atoms with Gasteiger partial charge in [-0.05, 0) is 49.6 Å². The van der Waals surface area contributed by atoms with Gasteiger partial charge in [-0.15, -0.1) is 10.2 Å². The second-order valence-corrected chi connectivity index (χ2v) is 6.38. The second-order valence-electron chi connectivity index (χ2n) is 5.97. The van der Waals surface area contributed by atoms with Crippen LogP contribution >= 0.6 is 11.6 Å². The number of anilines is 2. The van der Waals surface area contributed by atoms with E-state index in [1.165, 1.54) is 7.11 Å². The maximum absolute atomic E-state index is 12.4. The highest BCUT2D eigenvalue weighted by atomic mass is 35.5. The molecule has 136 valence electrons. The number of ether oxygens (including phenoxy) is 1. The number of likely N-dealkylation sites (tertiary alicyclic amines) is 1. The number of carbonyl (C=O) groups is 2. The van der Waals surface area contributed by atoms with Crippen molar-refractivity contribution in [3.63, 3.8) is 0 Å². The van der Waals surface area contributed by atoms with Crippen LogP contribution in [-0.2, 0) is 4.74 Å². The molecule has 1 aromatic carbocycles. The number of halogens is 1. The molecule has 0 aliphatic carbocycles. The van der Waals surface area contributed by atoms with E-state index in [1.54, 1.807) is 35.2 Å². The number of aromatic nitrogens is 2. The van der Waals surface area contributed by atoms with Crippen LogP contribution in [0.5, 0.6) is 0 Å². The zero-order valence-electron chi connectivity index (χ0n) is 14.4. The van der Waals surface area contributed by atoms with Crippen molar-refractivity contribution in [1.82, 2.24) is 15.1 Å². The van der Waals surface area contributed by atoms with Crippen LogP contribution in [0.15, 0.2) is 30.3 Å². The van der Waals surface area contributed by atoms with E-state index in [1.807, 2.05) is 0 Å². The van der Waals surface area contributed by atoms with E-state index in [-0.39, 0.29) is 5.91 Å². The molecule has 0 atom stereocenters. The molecule has 1 aliphatic rings. The molecule has 1 aromatic heterocycles. The molecule has 0 saturated carbocycles. The van der Waals surface area contributed by atoms with Gasteiger partial charge in [0, 0.05) is 13.1 Å². The topological polar surface area (TPSA) is 84.4 Å². The number of hydrogen-bond donors (Lipinski definition) is 1. The Hall–Kier alpha value is -2.67. The Balaban J connectivity index is 1.73. The first-order chi connectivity index (χ1) is 12.6. The van der Waals surface area contributed by atoms with Crippen LogP contribution in [0.25, 0.3) is 0 Å². The number of nitrogens with zero attached hydrogens (tertiary/aromatic N) is 3. The SMILES string of the molecule is COC(=O)c1ccc(Cl)c(Nc2ccc(C(=O)N3CCCCC3)nn2)c1. The molecular weight excluding hydrogens is 356 g/mol. The van der Waals surface area contributed by atoms with Crippen LogP contribution in [0.3, 0.4) is 0 Å². The lowest BCUT2D eigenvalue weighted by Gasteiger charge is -2.26. The zero-order chi connectivity index (χ0) is 18.5. The van der Waals surface area contributed by atoms with E-state index < -0.39 is 5.97 Å². The summed E-state index contributed by atoms with van der Waals surface area (Å²) in [6.07, 6.45) is 3.20.